The second-order valence-corrected chi connectivity index (χ2v) is 7.79. The number of para-hydroxylation sites is 1. The first-order valence-electron chi connectivity index (χ1n) is 8.00. The van der Waals surface area contributed by atoms with Gasteiger partial charge in [0.25, 0.3) is 5.91 Å². The topological polar surface area (TPSA) is 54.5 Å². The lowest BCUT2D eigenvalue weighted by atomic mass is 10.1. The van der Waals surface area contributed by atoms with Gasteiger partial charge in [-0.2, -0.15) is 0 Å². The monoisotopic (exact) mass is 359 g/mol. The fraction of sp³-hybridized carbons (Fsp3) is 0.211. The molecule has 3 rings (SSSR count). The first-order chi connectivity index (χ1) is 11.9. The number of hydrogen-bond donors (Lipinski definition) is 0. The van der Waals surface area contributed by atoms with E-state index in [0.717, 1.165) is 11.0 Å². The lowest BCUT2D eigenvalue weighted by molar-refractivity contribution is 0.0979. The molecule has 0 unspecified atom stereocenters. The van der Waals surface area contributed by atoms with Crippen LogP contribution in [0.1, 0.15) is 22.8 Å². The maximum Gasteiger partial charge on any atom is 0.261 e. The summed E-state index contributed by atoms with van der Waals surface area (Å²) in [4.78, 5) is 14.5. The van der Waals surface area contributed by atoms with Gasteiger partial charge in [-0.3, -0.25) is 4.79 Å². The van der Waals surface area contributed by atoms with Gasteiger partial charge in [-0.15, -0.1) is 0 Å². The van der Waals surface area contributed by atoms with Gasteiger partial charge in [0.15, 0.2) is 9.84 Å². The quantitative estimate of drug-likeness (QED) is 0.841. The third kappa shape index (κ3) is 3.49. The van der Waals surface area contributed by atoms with Crippen molar-refractivity contribution in [1.29, 1.82) is 0 Å². The first-order valence-corrected chi connectivity index (χ1v) is 9.71. The molecule has 1 aliphatic heterocycles. The van der Waals surface area contributed by atoms with E-state index in [2.05, 4.69) is 0 Å². The zero-order chi connectivity index (χ0) is 18.0. The molecule has 0 fully saturated rings. The number of benzene rings is 2. The van der Waals surface area contributed by atoms with E-state index >= 15 is 0 Å². The number of amides is 1. The minimum Gasteiger partial charge on any atom is -0.300 e. The van der Waals surface area contributed by atoms with Crippen LogP contribution in [0.3, 0.4) is 0 Å². The number of nitrogens with zero attached hydrogens (tertiary/aromatic N) is 1. The van der Waals surface area contributed by atoms with E-state index < -0.39 is 27.6 Å². The highest BCUT2D eigenvalue weighted by Crippen LogP contribution is 2.29. The van der Waals surface area contributed by atoms with Gasteiger partial charge in [-0.25, -0.2) is 12.8 Å². The van der Waals surface area contributed by atoms with Crippen LogP contribution in [0.5, 0.6) is 0 Å². The highest BCUT2D eigenvalue weighted by atomic mass is 32.2. The standard InChI is InChI=1S/C19H18FNO3S/c1-2-14-7-3-6-10-18(14)21(15-11-12-25(23,24)13-15)19(22)16-8-4-5-9-17(16)20/h3-12,15H,2,13H2,1H3/t15-/m0/s1. The Hall–Kier alpha value is -2.47. The van der Waals surface area contributed by atoms with E-state index in [1.54, 1.807) is 18.2 Å². The second-order valence-electron chi connectivity index (χ2n) is 5.86. The summed E-state index contributed by atoms with van der Waals surface area (Å²) in [5.41, 5.74) is 1.42. The molecule has 2 aromatic rings. The second kappa shape index (κ2) is 6.80. The Morgan fingerprint density at radius 1 is 1.16 bits per heavy atom. The molecule has 1 atom stereocenters. The molecule has 0 saturated heterocycles. The summed E-state index contributed by atoms with van der Waals surface area (Å²) in [6, 6.07) is 12.3. The Labute approximate surface area is 146 Å². The number of carbonyl (C=O) groups is 1. The van der Waals surface area contributed by atoms with Crippen molar-refractivity contribution >= 4 is 21.4 Å². The van der Waals surface area contributed by atoms with Crippen LogP contribution in [-0.4, -0.2) is 26.1 Å². The first kappa shape index (κ1) is 17.4. The number of rotatable bonds is 4. The number of halogens is 1. The Morgan fingerprint density at radius 2 is 1.84 bits per heavy atom. The van der Waals surface area contributed by atoms with Crippen LogP contribution in [0.15, 0.2) is 60.0 Å². The average Bonchev–Trinajstić information content (AvgIpc) is 2.95. The SMILES string of the molecule is CCc1ccccc1N(C(=O)c1ccccc1F)[C@H]1C=CS(=O)(=O)C1. The van der Waals surface area contributed by atoms with Crippen molar-refractivity contribution in [3.63, 3.8) is 0 Å². The largest absolute Gasteiger partial charge is 0.300 e. The minimum atomic E-state index is -3.36. The van der Waals surface area contributed by atoms with Gasteiger partial charge in [-0.05, 0) is 36.3 Å². The van der Waals surface area contributed by atoms with Crippen LogP contribution in [0.4, 0.5) is 10.1 Å². The highest BCUT2D eigenvalue weighted by Gasteiger charge is 2.33. The molecule has 2 aromatic carbocycles. The highest BCUT2D eigenvalue weighted by molar-refractivity contribution is 7.94. The summed E-state index contributed by atoms with van der Waals surface area (Å²) in [5, 5.41) is 1.12. The Morgan fingerprint density at radius 3 is 2.48 bits per heavy atom. The molecule has 6 heteroatoms. The van der Waals surface area contributed by atoms with Crippen LogP contribution in [0, 0.1) is 5.82 Å². The fourth-order valence-electron chi connectivity index (χ4n) is 2.97. The van der Waals surface area contributed by atoms with Crippen molar-refractivity contribution in [2.75, 3.05) is 10.7 Å². The molecular weight excluding hydrogens is 341 g/mol. The van der Waals surface area contributed by atoms with E-state index in [9.17, 15) is 17.6 Å². The van der Waals surface area contributed by atoms with Crippen LogP contribution < -0.4 is 4.90 Å². The van der Waals surface area contributed by atoms with E-state index in [1.807, 2.05) is 19.1 Å². The molecule has 1 heterocycles. The Bertz CT molecular complexity index is 937. The molecule has 0 bridgehead atoms. The normalized spacial score (nSPS) is 18.2. The predicted octanol–water partition coefficient (Wildman–Crippen LogP) is 3.35. The van der Waals surface area contributed by atoms with Crippen molar-refractivity contribution in [3.8, 4) is 0 Å². The third-order valence-corrected chi connectivity index (χ3v) is 5.58. The van der Waals surface area contributed by atoms with E-state index in [4.69, 9.17) is 0 Å². The van der Waals surface area contributed by atoms with Gasteiger partial charge in [0.05, 0.1) is 17.4 Å². The molecule has 0 spiro atoms. The molecule has 0 saturated carbocycles. The Balaban J connectivity index is 2.11. The van der Waals surface area contributed by atoms with Crippen molar-refractivity contribution in [2.45, 2.75) is 19.4 Å². The van der Waals surface area contributed by atoms with Gasteiger partial charge < -0.3 is 4.90 Å². The van der Waals surface area contributed by atoms with Crippen molar-refractivity contribution < 1.29 is 17.6 Å². The zero-order valence-electron chi connectivity index (χ0n) is 13.7. The van der Waals surface area contributed by atoms with Gasteiger partial charge in [0.1, 0.15) is 5.82 Å². The lowest BCUT2D eigenvalue weighted by Crippen LogP contribution is -2.42. The molecule has 0 aromatic heterocycles. The van der Waals surface area contributed by atoms with Gasteiger partial charge in [-0.1, -0.05) is 37.3 Å². The number of anilines is 1. The van der Waals surface area contributed by atoms with Gasteiger partial charge in [0, 0.05) is 11.1 Å². The molecule has 25 heavy (non-hydrogen) atoms. The van der Waals surface area contributed by atoms with Gasteiger partial charge in [0.2, 0.25) is 0 Å². The van der Waals surface area contributed by atoms with Crippen molar-refractivity contribution in [3.05, 3.63) is 77.0 Å². The van der Waals surface area contributed by atoms with E-state index in [0.29, 0.717) is 12.1 Å². The van der Waals surface area contributed by atoms with Crippen LogP contribution in [0.2, 0.25) is 0 Å². The maximum atomic E-state index is 14.2. The predicted molar refractivity (Wildman–Crippen MR) is 95.7 cm³/mol. The van der Waals surface area contributed by atoms with Crippen LogP contribution in [0.25, 0.3) is 0 Å². The summed E-state index contributed by atoms with van der Waals surface area (Å²) in [6.45, 7) is 1.95. The molecule has 130 valence electrons. The fourth-order valence-corrected chi connectivity index (χ4v) is 4.24. The maximum absolute atomic E-state index is 14.2. The van der Waals surface area contributed by atoms with Crippen LogP contribution in [-0.2, 0) is 16.3 Å². The number of hydrogen-bond acceptors (Lipinski definition) is 3. The molecular formula is C19H18FNO3S. The number of carbonyl (C=O) groups excluding carboxylic acids is 1. The van der Waals surface area contributed by atoms with E-state index in [-0.39, 0.29) is 11.3 Å². The third-order valence-electron chi connectivity index (χ3n) is 4.20. The zero-order valence-corrected chi connectivity index (χ0v) is 14.5. The molecule has 0 radical (unpaired) electrons. The molecule has 0 aliphatic carbocycles. The summed E-state index contributed by atoms with van der Waals surface area (Å²) in [5.74, 6) is -1.38. The summed E-state index contributed by atoms with van der Waals surface area (Å²) in [6.07, 6.45) is 2.15. The van der Waals surface area contributed by atoms with E-state index in [1.165, 1.54) is 29.2 Å². The number of sulfone groups is 1. The Kier molecular flexibility index (Phi) is 4.72. The molecule has 1 amide bonds. The number of aryl methyl sites for hydroxylation is 1. The van der Waals surface area contributed by atoms with Gasteiger partial charge >= 0.3 is 0 Å². The summed E-state index contributed by atoms with van der Waals surface area (Å²) < 4.78 is 37.9. The van der Waals surface area contributed by atoms with Crippen molar-refractivity contribution in [1.82, 2.24) is 0 Å². The molecule has 1 aliphatic rings. The lowest BCUT2D eigenvalue weighted by Gasteiger charge is -2.29. The molecule has 4 nitrogen and oxygen atoms in total. The smallest absolute Gasteiger partial charge is 0.261 e. The van der Waals surface area contributed by atoms with Crippen LogP contribution >= 0.6 is 0 Å². The summed E-state index contributed by atoms with van der Waals surface area (Å²) in [7, 11) is -3.36. The summed E-state index contributed by atoms with van der Waals surface area (Å²) >= 11 is 0. The van der Waals surface area contributed by atoms with Crippen molar-refractivity contribution in [2.24, 2.45) is 0 Å². The minimum absolute atomic E-state index is 0.0777. The average molecular weight is 359 g/mol. The molecule has 0 N–H and O–H groups in total.